The fourth-order valence-electron chi connectivity index (χ4n) is 3.27. The number of rotatable bonds is 5. The number of benzene rings is 2. The first-order valence-electron chi connectivity index (χ1n) is 9.43. The van der Waals surface area contributed by atoms with Gasteiger partial charge in [0.15, 0.2) is 5.13 Å². The Balaban J connectivity index is 1.33. The van der Waals surface area contributed by atoms with E-state index in [4.69, 9.17) is 11.6 Å². The summed E-state index contributed by atoms with van der Waals surface area (Å²) in [5, 5.41) is 5.76. The van der Waals surface area contributed by atoms with Crippen molar-refractivity contribution < 1.29 is 13.6 Å². The van der Waals surface area contributed by atoms with E-state index in [1.807, 2.05) is 24.3 Å². The molecule has 3 aromatic rings. The number of nitrogens with zero attached hydrogens (tertiary/aromatic N) is 3. The predicted octanol–water partition coefficient (Wildman–Crippen LogP) is 4.33. The van der Waals surface area contributed by atoms with Crippen LogP contribution in [0.5, 0.6) is 0 Å². The Bertz CT molecular complexity index is 1040. The molecule has 0 aliphatic carbocycles. The molecule has 1 N–H and O–H groups in total. The van der Waals surface area contributed by atoms with Gasteiger partial charge >= 0.3 is 0 Å². The van der Waals surface area contributed by atoms with E-state index in [1.54, 1.807) is 5.38 Å². The lowest BCUT2D eigenvalue weighted by molar-refractivity contribution is 0.0946. The van der Waals surface area contributed by atoms with Gasteiger partial charge in [0.1, 0.15) is 17.3 Å². The van der Waals surface area contributed by atoms with Gasteiger partial charge in [0, 0.05) is 54.4 Å². The second kappa shape index (κ2) is 8.97. The summed E-state index contributed by atoms with van der Waals surface area (Å²) in [5.74, 6) is -1.52. The molecule has 2 aromatic carbocycles. The summed E-state index contributed by atoms with van der Waals surface area (Å²) in [5.41, 5.74) is 1.49. The zero-order chi connectivity index (χ0) is 21.1. The lowest BCUT2D eigenvalue weighted by Crippen LogP contribution is -2.46. The number of halogens is 3. The average molecular weight is 449 g/mol. The SMILES string of the molecule is O=C(NCc1cc(F)ccc1F)c1csc(N2CCN(c3ccc(Cl)cc3)CC2)n1. The van der Waals surface area contributed by atoms with Crippen LogP contribution < -0.4 is 15.1 Å². The Morgan fingerprint density at radius 3 is 2.50 bits per heavy atom. The molecule has 9 heteroatoms. The van der Waals surface area contributed by atoms with Crippen molar-refractivity contribution in [3.8, 4) is 0 Å². The third-order valence-electron chi connectivity index (χ3n) is 4.91. The number of carbonyl (C=O) groups is 1. The molecule has 0 bridgehead atoms. The molecule has 1 amide bonds. The highest BCUT2D eigenvalue weighted by atomic mass is 35.5. The lowest BCUT2D eigenvalue weighted by Gasteiger charge is -2.36. The summed E-state index contributed by atoms with van der Waals surface area (Å²) >= 11 is 7.35. The summed E-state index contributed by atoms with van der Waals surface area (Å²) in [6.07, 6.45) is 0. The molecule has 1 aliphatic heterocycles. The van der Waals surface area contributed by atoms with Crippen molar-refractivity contribution >= 4 is 39.7 Å². The Hall–Kier alpha value is -2.71. The minimum Gasteiger partial charge on any atom is -0.368 e. The van der Waals surface area contributed by atoms with E-state index >= 15 is 0 Å². The summed E-state index contributed by atoms with van der Waals surface area (Å²) in [6, 6.07) is 10.9. The summed E-state index contributed by atoms with van der Waals surface area (Å²) in [7, 11) is 0. The quantitative estimate of drug-likeness (QED) is 0.631. The number of hydrogen-bond donors (Lipinski definition) is 1. The van der Waals surface area contributed by atoms with Gasteiger partial charge in [0.05, 0.1) is 0 Å². The third-order valence-corrected chi connectivity index (χ3v) is 6.07. The Morgan fingerprint density at radius 2 is 1.77 bits per heavy atom. The molecule has 1 fully saturated rings. The van der Waals surface area contributed by atoms with Crippen molar-refractivity contribution in [2.24, 2.45) is 0 Å². The standard InChI is InChI=1S/C21H19ClF2N4OS/c22-15-1-4-17(5-2-15)27-7-9-28(10-8-27)21-26-19(13-30-21)20(29)25-12-14-11-16(23)3-6-18(14)24/h1-6,11,13H,7-10,12H2,(H,25,29). The van der Waals surface area contributed by atoms with Crippen molar-refractivity contribution in [3.63, 3.8) is 0 Å². The van der Waals surface area contributed by atoms with Crippen molar-refractivity contribution in [1.29, 1.82) is 0 Å². The van der Waals surface area contributed by atoms with Crippen LogP contribution in [0.1, 0.15) is 16.1 Å². The molecule has 0 spiro atoms. The molecular weight excluding hydrogens is 430 g/mol. The van der Waals surface area contributed by atoms with Gasteiger partial charge in [0.2, 0.25) is 0 Å². The predicted molar refractivity (Wildman–Crippen MR) is 116 cm³/mol. The molecule has 156 valence electrons. The maximum atomic E-state index is 13.7. The molecular formula is C21H19ClF2N4OS. The second-order valence-electron chi connectivity index (χ2n) is 6.88. The molecule has 1 aliphatic rings. The third kappa shape index (κ3) is 4.71. The van der Waals surface area contributed by atoms with E-state index in [-0.39, 0.29) is 17.8 Å². The number of thiazole rings is 1. The Kier molecular flexibility index (Phi) is 6.15. The summed E-state index contributed by atoms with van der Waals surface area (Å²) in [4.78, 5) is 21.2. The minimum absolute atomic E-state index is 0.0946. The second-order valence-corrected chi connectivity index (χ2v) is 8.16. The molecule has 1 aromatic heterocycles. The largest absolute Gasteiger partial charge is 0.368 e. The maximum absolute atomic E-state index is 13.7. The normalized spacial score (nSPS) is 14.1. The molecule has 4 rings (SSSR count). The number of carbonyl (C=O) groups excluding carboxylic acids is 1. The molecule has 0 atom stereocenters. The van der Waals surface area contributed by atoms with E-state index < -0.39 is 17.5 Å². The summed E-state index contributed by atoms with van der Waals surface area (Å²) in [6.45, 7) is 3.13. The van der Waals surface area contributed by atoms with E-state index in [0.717, 1.165) is 55.2 Å². The number of aromatic nitrogens is 1. The minimum atomic E-state index is -0.561. The van der Waals surface area contributed by atoms with Crippen molar-refractivity contribution in [2.75, 3.05) is 36.0 Å². The van der Waals surface area contributed by atoms with E-state index in [9.17, 15) is 13.6 Å². The lowest BCUT2D eigenvalue weighted by atomic mass is 10.2. The molecule has 30 heavy (non-hydrogen) atoms. The van der Waals surface area contributed by atoms with Crippen LogP contribution in [-0.2, 0) is 6.54 Å². The molecule has 0 unspecified atom stereocenters. The van der Waals surface area contributed by atoms with Crippen LogP contribution in [0.15, 0.2) is 47.8 Å². The number of amides is 1. The smallest absolute Gasteiger partial charge is 0.271 e. The van der Waals surface area contributed by atoms with Gasteiger partial charge in [-0.05, 0) is 42.5 Å². The van der Waals surface area contributed by atoms with Crippen LogP contribution in [0.3, 0.4) is 0 Å². The fraction of sp³-hybridized carbons (Fsp3) is 0.238. The van der Waals surface area contributed by atoms with Crippen LogP contribution in [-0.4, -0.2) is 37.1 Å². The van der Waals surface area contributed by atoms with Gasteiger partial charge in [-0.25, -0.2) is 13.8 Å². The first-order valence-corrected chi connectivity index (χ1v) is 10.7. The molecule has 1 saturated heterocycles. The van der Waals surface area contributed by atoms with Crippen molar-refractivity contribution in [3.05, 3.63) is 75.8 Å². The van der Waals surface area contributed by atoms with Crippen molar-refractivity contribution in [1.82, 2.24) is 10.3 Å². The average Bonchev–Trinajstić information content (AvgIpc) is 3.25. The van der Waals surface area contributed by atoms with Crippen LogP contribution >= 0.6 is 22.9 Å². The number of anilines is 2. The van der Waals surface area contributed by atoms with Crippen LogP contribution in [0.4, 0.5) is 19.6 Å². The highest BCUT2D eigenvalue weighted by Crippen LogP contribution is 2.25. The highest BCUT2D eigenvalue weighted by Gasteiger charge is 2.21. The van der Waals surface area contributed by atoms with Gasteiger partial charge in [-0.1, -0.05) is 11.6 Å². The molecule has 2 heterocycles. The fourth-order valence-corrected chi connectivity index (χ4v) is 4.25. The van der Waals surface area contributed by atoms with Crippen LogP contribution in [0.2, 0.25) is 5.02 Å². The van der Waals surface area contributed by atoms with Gasteiger partial charge < -0.3 is 15.1 Å². The monoisotopic (exact) mass is 448 g/mol. The Labute approximate surface area is 181 Å². The maximum Gasteiger partial charge on any atom is 0.271 e. The highest BCUT2D eigenvalue weighted by molar-refractivity contribution is 7.13. The van der Waals surface area contributed by atoms with Gasteiger partial charge in [-0.2, -0.15) is 0 Å². The zero-order valence-electron chi connectivity index (χ0n) is 15.9. The van der Waals surface area contributed by atoms with Crippen LogP contribution in [0, 0.1) is 11.6 Å². The van der Waals surface area contributed by atoms with E-state index in [2.05, 4.69) is 20.1 Å². The summed E-state index contributed by atoms with van der Waals surface area (Å²) < 4.78 is 26.9. The van der Waals surface area contributed by atoms with Gasteiger partial charge in [-0.3, -0.25) is 4.79 Å². The molecule has 5 nitrogen and oxygen atoms in total. The number of hydrogen-bond acceptors (Lipinski definition) is 5. The Morgan fingerprint density at radius 1 is 1.07 bits per heavy atom. The zero-order valence-corrected chi connectivity index (χ0v) is 17.5. The van der Waals surface area contributed by atoms with Crippen LogP contribution in [0.25, 0.3) is 0 Å². The first-order chi connectivity index (χ1) is 14.5. The van der Waals surface area contributed by atoms with E-state index in [0.29, 0.717) is 5.02 Å². The van der Waals surface area contributed by atoms with Gasteiger partial charge in [0.25, 0.3) is 5.91 Å². The first kappa shape index (κ1) is 20.6. The van der Waals surface area contributed by atoms with Crippen molar-refractivity contribution in [2.45, 2.75) is 6.54 Å². The van der Waals surface area contributed by atoms with Gasteiger partial charge in [-0.15, -0.1) is 11.3 Å². The topological polar surface area (TPSA) is 48.5 Å². The number of piperazine rings is 1. The molecule has 0 radical (unpaired) electrons. The molecule has 0 saturated carbocycles. The van der Waals surface area contributed by atoms with E-state index in [1.165, 1.54) is 11.3 Å². The number of nitrogens with one attached hydrogen (secondary N) is 1.